The summed E-state index contributed by atoms with van der Waals surface area (Å²) in [7, 11) is -3.25. The molecular formula is C18H25NO2S. The highest BCUT2D eigenvalue weighted by Crippen LogP contribution is 2.53. The summed E-state index contributed by atoms with van der Waals surface area (Å²) in [6.07, 6.45) is 6.36. The summed E-state index contributed by atoms with van der Waals surface area (Å²) in [5.41, 5.74) is 1.97. The lowest BCUT2D eigenvalue weighted by molar-refractivity contribution is -0.00559. The second-order valence-corrected chi connectivity index (χ2v) is 9.51. The number of nitrogens with one attached hydrogen (secondary N) is 1. The van der Waals surface area contributed by atoms with Crippen LogP contribution in [0.3, 0.4) is 0 Å². The van der Waals surface area contributed by atoms with Gasteiger partial charge < -0.3 is 0 Å². The van der Waals surface area contributed by atoms with Crippen molar-refractivity contribution in [2.45, 2.75) is 50.8 Å². The van der Waals surface area contributed by atoms with Crippen LogP contribution in [0.15, 0.2) is 24.3 Å². The maximum atomic E-state index is 12.6. The van der Waals surface area contributed by atoms with Crippen molar-refractivity contribution in [1.29, 1.82) is 0 Å². The Balaban J connectivity index is 1.49. The number of rotatable bonds is 4. The molecule has 4 heteroatoms. The molecule has 1 aromatic carbocycles. The highest BCUT2D eigenvalue weighted by molar-refractivity contribution is 7.88. The second kappa shape index (κ2) is 5.34. The molecule has 0 spiro atoms. The fraction of sp³-hybridized carbons (Fsp3) is 0.667. The van der Waals surface area contributed by atoms with Crippen molar-refractivity contribution >= 4 is 10.0 Å². The highest BCUT2D eigenvalue weighted by Gasteiger charge is 2.49. The fourth-order valence-electron chi connectivity index (χ4n) is 5.34. The third-order valence-electron chi connectivity index (χ3n) is 6.15. The number of hydrogen-bond donors (Lipinski definition) is 1. The molecule has 1 aromatic rings. The summed E-state index contributed by atoms with van der Waals surface area (Å²) in [6.45, 7) is 1.98. The van der Waals surface area contributed by atoms with Crippen LogP contribution < -0.4 is 4.72 Å². The maximum Gasteiger partial charge on any atom is 0.216 e. The highest BCUT2D eigenvalue weighted by atomic mass is 32.2. The van der Waals surface area contributed by atoms with Crippen molar-refractivity contribution < 1.29 is 8.42 Å². The molecule has 3 nitrogen and oxygen atoms in total. The molecule has 0 unspecified atom stereocenters. The number of sulfonamides is 1. The monoisotopic (exact) mass is 319 g/mol. The summed E-state index contributed by atoms with van der Waals surface area (Å²) in [5.74, 6) is 3.03. The molecule has 0 heterocycles. The zero-order valence-electron chi connectivity index (χ0n) is 13.2. The zero-order chi connectivity index (χ0) is 15.3. The topological polar surface area (TPSA) is 46.2 Å². The van der Waals surface area contributed by atoms with E-state index in [-0.39, 0.29) is 11.8 Å². The van der Waals surface area contributed by atoms with E-state index in [1.54, 1.807) is 0 Å². The second-order valence-electron chi connectivity index (χ2n) is 7.76. The Morgan fingerprint density at radius 1 is 1.00 bits per heavy atom. The Morgan fingerprint density at radius 3 is 2.18 bits per heavy atom. The van der Waals surface area contributed by atoms with Gasteiger partial charge in [0.05, 0.1) is 5.75 Å². The molecule has 0 atom stereocenters. The lowest BCUT2D eigenvalue weighted by Crippen LogP contribution is -2.55. The van der Waals surface area contributed by atoms with Gasteiger partial charge in [-0.25, -0.2) is 13.1 Å². The predicted octanol–water partition coefficient (Wildman–Crippen LogP) is 3.24. The first-order valence-corrected chi connectivity index (χ1v) is 10.2. The van der Waals surface area contributed by atoms with Gasteiger partial charge in [0.25, 0.3) is 0 Å². The van der Waals surface area contributed by atoms with Gasteiger partial charge in [0.2, 0.25) is 10.0 Å². The van der Waals surface area contributed by atoms with E-state index in [0.29, 0.717) is 11.8 Å². The number of aryl methyl sites for hydroxylation is 1. The van der Waals surface area contributed by atoms with Crippen LogP contribution in [-0.2, 0) is 15.8 Å². The molecule has 4 bridgehead atoms. The third-order valence-corrected chi connectivity index (χ3v) is 7.47. The molecule has 4 fully saturated rings. The van der Waals surface area contributed by atoms with Crippen LogP contribution in [0.25, 0.3) is 0 Å². The average molecular weight is 319 g/mol. The number of benzene rings is 1. The first-order valence-electron chi connectivity index (χ1n) is 8.54. The lowest BCUT2D eigenvalue weighted by Gasteiger charge is -2.54. The largest absolute Gasteiger partial charge is 0.216 e. The van der Waals surface area contributed by atoms with Gasteiger partial charge in [-0.2, -0.15) is 0 Å². The zero-order valence-corrected chi connectivity index (χ0v) is 14.0. The van der Waals surface area contributed by atoms with Crippen molar-refractivity contribution in [1.82, 2.24) is 4.72 Å². The average Bonchev–Trinajstić information content (AvgIpc) is 2.44. The van der Waals surface area contributed by atoms with Gasteiger partial charge in [0.15, 0.2) is 0 Å². The summed E-state index contributed by atoms with van der Waals surface area (Å²) in [6, 6.07) is 7.97. The summed E-state index contributed by atoms with van der Waals surface area (Å²) in [4.78, 5) is 0. The summed E-state index contributed by atoms with van der Waals surface area (Å²) < 4.78 is 28.4. The van der Waals surface area contributed by atoms with Gasteiger partial charge in [0.1, 0.15) is 0 Å². The van der Waals surface area contributed by atoms with Crippen LogP contribution >= 0.6 is 0 Å². The standard InChI is InChI=1S/C18H25NO2S/c1-12-4-2-3-5-15(12)11-22(20,21)19-18-16-7-13-6-14(9-16)10-17(18)8-13/h2-5,13-14,16-19H,6-11H2,1H3. The van der Waals surface area contributed by atoms with Crippen molar-refractivity contribution in [3.63, 3.8) is 0 Å². The van der Waals surface area contributed by atoms with E-state index in [2.05, 4.69) is 4.72 Å². The molecule has 4 aliphatic rings. The molecule has 4 saturated carbocycles. The van der Waals surface area contributed by atoms with E-state index in [1.807, 2.05) is 31.2 Å². The van der Waals surface area contributed by atoms with Crippen LogP contribution in [0.1, 0.15) is 43.2 Å². The molecular weight excluding hydrogens is 294 g/mol. The van der Waals surface area contributed by atoms with Crippen molar-refractivity contribution in [3.05, 3.63) is 35.4 Å². The molecule has 4 aliphatic carbocycles. The van der Waals surface area contributed by atoms with E-state index in [9.17, 15) is 8.42 Å². The quantitative estimate of drug-likeness (QED) is 0.926. The Morgan fingerprint density at radius 2 is 1.59 bits per heavy atom. The van der Waals surface area contributed by atoms with Crippen LogP contribution in [0.2, 0.25) is 0 Å². The Labute approximate surface area is 133 Å². The number of hydrogen-bond acceptors (Lipinski definition) is 2. The van der Waals surface area contributed by atoms with Gasteiger partial charge in [-0.15, -0.1) is 0 Å². The maximum absolute atomic E-state index is 12.6. The van der Waals surface area contributed by atoms with Crippen LogP contribution in [0, 0.1) is 30.6 Å². The van der Waals surface area contributed by atoms with Crippen molar-refractivity contribution in [2.75, 3.05) is 0 Å². The minimum Gasteiger partial charge on any atom is -0.212 e. The Bertz CT molecular complexity index is 639. The first kappa shape index (κ1) is 14.7. The van der Waals surface area contributed by atoms with Crippen molar-refractivity contribution in [2.24, 2.45) is 23.7 Å². The SMILES string of the molecule is Cc1ccccc1CS(=O)(=O)NC1C2CC3CC(C2)CC1C3. The molecule has 120 valence electrons. The van der Waals surface area contributed by atoms with Crippen molar-refractivity contribution in [3.8, 4) is 0 Å². The van der Waals surface area contributed by atoms with E-state index in [4.69, 9.17) is 0 Å². The van der Waals surface area contributed by atoms with Gasteiger partial charge in [-0.3, -0.25) is 0 Å². The first-order chi connectivity index (χ1) is 10.5. The van der Waals surface area contributed by atoms with Gasteiger partial charge in [-0.1, -0.05) is 24.3 Å². The summed E-state index contributed by atoms with van der Waals surface area (Å²) in [5, 5.41) is 0. The molecule has 1 N–H and O–H groups in total. The molecule has 0 aliphatic heterocycles. The van der Waals surface area contributed by atoms with Crippen LogP contribution in [-0.4, -0.2) is 14.5 Å². The normalized spacial score (nSPS) is 36.7. The van der Waals surface area contributed by atoms with Gasteiger partial charge >= 0.3 is 0 Å². The van der Waals surface area contributed by atoms with Crippen LogP contribution in [0.5, 0.6) is 0 Å². The third kappa shape index (κ3) is 2.71. The molecule has 0 aromatic heterocycles. The molecule has 0 amide bonds. The van der Waals surface area contributed by atoms with Gasteiger partial charge in [-0.05, 0) is 73.8 Å². The molecule has 22 heavy (non-hydrogen) atoms. The predicted molar refractivity (Wildman–Crippen MR) is 87.8 cm³/mol. The molecule has 5 rings (SSSR count). The smallest absolute Gasteiger partial charge is 0.212 e. The Hall–Kier alpha value is -0.870. The van der Waals surface area contributed by atoms with E-state index < -0.39 is 10.0 Å². The summed E-state index contributed by atoms with van der Waals surface area (Å²) >= 11 is 0. The lowest BCUT2D eigenvalue weighted by atomic mass is 9.54. The van der Waals surface area contributed by atoms with E-state index >= 15 is 0 Å². The fourth-order valence-corrected chi connectivity index (χ4v) is 6.96. The van der Waals surface area contributed by atoms with E-state index in [0.717, 1.165) is 23.0 Å². The Kier molecular flexibility index (Phi) is 3.57. The van der Waals surface area contributed by atoms with Crippen LogP contribution in [0.4, 0.5) is 0 Å². The minimum absolute atomic E-state index is 0.114. The minimum atomic E-state index is -3.25. The van der Waals surface area contributed by atoms with Gasteiger partial charge in [0, 0.05) is 6.04 Å². The molecule has 0 radical (unpaired) electrons. The molecule has 0 saturated heterocycles. The van der Waals surface area contributed by atoms with E-state index in [1.165, 1.54) is 32.1 Å².